The maximum absolute atomic E-state index is 5.62. The van der Waals surface area contributed by atoms with Crippen molar-refractivity contribution in [1.82, 2.24) is 9.78 Å². The van der Waals surface area contributed by atoms with Gasteiger partial charge in [0.25, 0.3) is 0 Å². The smallest absolute Gasteiger partial charge is 0.0719 e. The van der Waals surface area contributed by atoms with E-state index in [-0.39, 0.29) is 0 Å². The van der Waals surface area contributed by atoms with Gasteiger partial charge in [-0.1, -0.05) is 26.7 Å². The van der Waals surface area contributed by atoms with E-state index in [2.05, 4.69) is 18.9 Å². The van der Waals surface area contributed by atoms with E-state index in [1.54, 1.807) is 6.20 Å². The Labute approximate surface area is 79.9 Å². The van der Waals surface area contributed by atoms with Crippen LogP contribution in [0.1, 0.15) is 45.6 Å². The molecular weight excluding hydrogens is 162 g/mol. The number of nitrogens with two attached hydrogens (primary N) is 1. The van der Waals surface area contributed by atoms with Gasteiger partial charge in [0, 0.05) is 6.20 Å². The molecule has 0 saturated heterocycles. The first kappa shape index (κ1) is 10.1. The quantitative estimate of drug-likeness (QED) is 0.758. The van der Waals surface area contributed by atoms with Crippen molar-refractivity contribution in [1.29, 1.82) is 0 Å². The monoisotopic (exact) mass is 181 g/mol. The molecule has 3 heteroatoms. The Hall–Kier alpha value is -0.990. The molecule has 0 saturated carbocycles. The molecule has 0 spiro atoms. The first-order valence-corrected chi connectivity index (χ1v) is 5.07. The summed E-state index contributed by atoms with van der Waals surface area (Å²) in [5.41, 5.74) is 6.38. The Morgan fingerprint density at radius 2 is 2.31 bits per heavy atom. The molecule has 1 aromatic rings. The zero-order chi connectivity index (χ0) is 9.68. The van der Waals surface area contributed by atoms with Gasteiger partial charge in [-0.2, -0.15) is 5.10 Å². The van der Waals surface area contributed by atoms with Crippen LogP contribution in [0.2, 0.25) is 0 Å². The summed E-state index contributed by atoms with van der Waals surface area (Å²) < 4.78 is 1.99. The number of hydrogen-bond donors (Lipinski definition) is 1. The highest BCUT2D eigenvalue weighted by Crippen LogP contribution is 2.18. The van der Waals surface area contributed by atoms with Crippen LogP contribution in [0.25, 0.3) is 0 Å². The Bertz CT molecular complexity index is 242. The van der Waals surface area contributed by atoms with Crippen LogP contribution >= 0.6 is 0 Å². The maximum Gasteiger partial charge on any atom is 0.0719 e. The number of unbranched alkanes of at least 4 members (excludes halogenated alkanes) is 1. The standard InChI is InChI=1S/C10H19N3/c1-3-5-6-10(4-2)13-8-9(11)7-12-13/h7-8,10H,3-6,11H2,1-2H3. The molecule has 1 rings (SSSR count). The maximum atomic E-state index is 5.62. The predicted octanol–water partition coefficient (Wildman–Crippen LogP) is 2.61. The zero-order valence-corrected chi connectivity index (χ0v) is 8.53. The molecule has 1 heterocycles. The molecule has 0 fully saturated rings. The lowest BCUT2D eigenvalue weighted by Gasteiger charge is -2.14. The van der Waals surface area contributed by atoms with Gasteiger partial charge in [0.15, 0.2) is 0 Å². The lowest BCUT2D eigenvalue weighted by atomic mass is 10.1. The van der Waals surface area contributed by atoms with Crippen LogP contribution in [0.15, 0.2) is 12.4 Å². The van der Waals surface area contributed by atoms with Crippen molar-refractivity contribution in [3.05, 3.63) is 12.4 Å². The number of anilines is 1. The Morgan fingerprint density at radius 3 is 2.77 bits per heavy atom. The average Bonchev–Trinajstić information content (AvgIpc) is 2.54. The van der Waals surface area contributed by atoms with E-state index in [1.165, 1.54) is 19.3 Å². The third-order valence-corrected chi connectivity index (χ3v) is 2.36. The van der Waals surface area contributed by atoms with Gasteiger partial charge in [-0.05, 0) is 12.8 Å². The highest BCUT2D eigenvalue weighted by Gasteiger charge is 2.08. The minimum Gasteiger partial charge on any atom is -0.396 e. The molecular formula is C10H19N3. The minimum atomic E-state index is 0.525. The zero-order valence-electron chi connectivity index (χ0n) is 8.53. The van der Waals surface area contributed by atoms with Gasteiger partial charge in [-0.25, -0.2) is 0 Å². The van der Waals surface area contributed by atoms with E-state index in [0.29, 0.717) is 6.04 Å². The molecule has 1 atom stereocenters. The van der Waals surface area contributed by atoms with Crippen molar-refractivity contribution < 1.29 is 0 Å². The van der Waals surface area contributed by atoms with Gasteiger partial charge < -0.3 is 5.73 Å². The molecule has 1 aromatic heterocycles. The molecule has 0 aliphatic carbocycles. The summed E-state index contributed by atoms with van der Waals surface area (Å²) in [4.78, 5) is 0. The summed E-state index contributed by atoms with van der Waals surface area (Å²) in [6.07, 6.45) is 8.47. The molecule has 13 heavy (non-hydrogen) atoms. The van der Waals surface area contributed by atoms with Crippen molar-refractivity contribution in [2.75, 3.05) is 5.73 Å². The second-order valence-corrected chi connectivity index (χ2v) is 3.46. The number of aromatic nitrogens is 2. The van der Waals surface area contributed by atoms with Gasteiger partial charge in [0.05, 0.1) is 17.9 Å². The fourth-order valence-corrected chi connectivity index (χ4v) is 1.52. The van der Waals surface area contributed by atoms with Crippen molar-refractivity contribution in [2.45, 2.75) is 45.6 Å². The second-order valence-electron chi connectivity index (χ2n) is 3.46. The third kappa shape index (κ3) is 2.76. The van der Waals surface area contributed by atoms with E-state index < -0.39 is 0 Å². The SMILES string of the molecule is CCCCC(CC)n1cc(N)cn1. The van der Waals surface area contributed by atoms with E-state index in [9.17, 15) is 0 Å². The summed E-state index contributed by atoms with van der Waals surface area (Å²) in [5, 5.41) is 4.23. The highest BCUT2D eigenvalue weighted by atomic mass is 15.3. The number of hydrogen-bond acceptors (Lipinski definition) is 2. The largest absolute Gasteiger partial charge is 0.396 e. The van der Waals surface area contributed by atoms with Gasteiger partial charge in [0.1, 0.15) is 0 Å². The number of rotatable bonds is 5. The van der Waals surface area contributed by atoms with Crippen LogP contribution in [-0.2, 0) is 0 Å². The second kappa shape index (κ2) is 4.90. The van der Waals surface area contributed by atoms with Crippen LogP contribution in [0.4, 0.5) is 5.69 Å². The van der Waals surface area contributed by atoms with Gasteiger partial charge in [-0.3, -0.25) is 4.68 Å². The Balaban J connectivity index is 2.56. The van der Waals surface area contributed by atoms with E-state index in [0.717, 1.165) is 12.1 Å². The average molecular weight is 181 g/mol. The fraction of sp³-hybridized carbons (Fsp3) is 0.700. The summed E-state index contributed by atoms with van der Waals surface area (Å²) >= 11 is 0. The lowest BCUT2D eigenvalue weighted by Crippen LogP contribution is -2.08. The molecule has 0 radical (unpaired) electrons. The van der Waals surface area contributed by atoms with Crippen LogP contribution in [0.5, 0.6) is 0 Å². The van der Waals surface area contributed by atoms with Crippen molar-refractivity contribution in [3.63, 3.8) is 0 Å². The van der Waals surface area contributed by atoms with Crippen molar-refractivity contribution in [2.24, 2.45) is 0 Å². The van der Waals surface area contributed by atoms with Crippen LogP contribution in [0.3, 0.4) is 0 Å². The minimum absolute atomic E-state index is 0.525. The molecule has 74 valence electrons. The van der Waals surface area contributed by atoms with Gasteiger partial charge in [-0.15, -0.1) is 0 Å². The van der Waals surface area contributed by atoms with E-state index >= 15 is 0 Å². The Kier molecular flexibility index (Phi) is 3.80. The molecule has 0 bridgehead atoms. The van der Waals surface area contributed by atoms with E-state index in [1.807, 2.05) is 10.9 Å². The first-order valence-electron chi connectivity index (χ1n) is 5.07. The molecule has 0 aliphatic rings. The lowest BCUT2D eigenvalue weighted by molar-refractivity contribution is 0.401. The summed E-state index contributed by atoms with van der Waals surface area (Å²) in [6, 6.07) is 0.525. The molecule has 0 amide bonds. The van der Waals surface area contributed by atoms with Gasteiger partial charge in [0.2, 0.25) is 0 Å². The first-order chi connectivity index (χ1) is 6.27. The van der Waals surface area contributed by atoms with Gasteiger partial charge >= 0.3 is 0 Å². The van der Waals surface area contributed by atoms with Crippen molar-refractivity contribution in [3.8, 4) is 0 Å². The van der Waals surface area contributed by atoms with E-state index in [4.69, 9.17) is 5.73 Å². The summed E-state index contributed by atoms with van der Waals surface area (Å²) in [5.74, 6) is 0. The molecule has 0 aliphatic heterocycles. The summed E-state index contributed by atoms with van der Waals surface area (Å²) in [7, 11) is 0. The third-order valence-electron chi connectivity index (χ3n) is 2.36. The normalized spacial score (nSPS) is 13.1. The van der Waals surface area contributed by atoms with Crippen LogP contribution < -0.4 is 5.73 Å². The number of nitrogens with zero attached hydrogens (tertiary/aromatic N) is 2. The molecule has 1 unspecified atom stereocenters. The molecule has 0 aromatic carbocycles. The molecule has 2 N–H and O–H groups in total. The highest BCUT2D eigenvalue weighted by molar-refractivity contribution is 5.30. The van der Waals surface area contributed by atoms with Crippen LogP contribution in [-0.4, -0.2) is 9.78 Å². The topological polar surface area (TPSA) is 43.8 Å². The van der Waals surface area contributed by atoms with Crippen LogP contribution in [0, 0.1) is 0 Å². The summed E-state index contributed by atoms with van der Waals surface area (Å²) in [6.45, 7) is 4.41. The fourth-order valence-electron chi connectivity index (χ4n) is 1.52. The predicted molar refractivity (Wildman–Crippen MR) is 55.5 cm³/mol. The molecule has 3 nitrogen and oxygen atoms in total. The van der Waals surface area contributed by atoms with Crippen molar-refractivity contribution >= 4 is 5.69 Å². The Morgan fingerprint density at radius 1 is 1.54 bits per heavy atom. The number of nitrogen functional groups attached to an aromatic ring is 1.